The number of imidazole rings is 1. The molecule has 0 fully saturated rings. The van der Waals surface area contributed by atoms with Gasteiger partial charge in [-0.15, -0.1) is 0 Å². The first-order chi connectivity index (χ1) is 16.6. The molecule has 0 aliphatic rings. The van der Waals surface area contributed by atoms with Crippen molar-refractivity contribution in [2.24, 2.45) is 0 Å². The number of aromatic nitrogens is 5. The van der Waals surface area contributed by atoms with Crippen LogP contribution in [0.3, 0.4) is 0 Å². The van der Waals surface area contributed by atoms with Crippen LogP contribution < -0.4 is 20.1 Å². The normalized spacial score (nSPS) is 10.8. The number of hydrogen-bond acceptors (Lipinski definition) is 9. The summed E-state index contributed by atoms with van der Waals surface area (Å²) in [6, 6.07) is 10.7. The zero-order valence-electron chi connectivity index (χ0n) is 19.1. The summed E-state index contributed by atoms with van der Waals surface area (Å²) >= 11 is 0. The molecule has 4 aromatic heterocycles. The van der Waals surface area contributed by atoms with Crippen molar-refractivity contribution in [1.29, 1.82) is 0 Å². The van der Waals surface area contributed by atoms with Crippen LogP contribution in [-0.2, 0) is 4.74 Å². The Kier molecular flexibility index (Phi) is 7.13. The van der Waals surface area contributed by atoms with Gasteiger partial charge in [-0.25, -0.2) is 19.5 Å². The highest BCUT2D eigenvalue weighted by molar-refractivity contribution is 5.92. The second kappa shape index (κ2) is 10.6. The lowest BCUT2D eigenvalue weighted by Gasteiger charge is -2.08. The summed E-state index contributed by atoms with van der Waals surface area (Å²) in [5, 5.41) is 10.5. The Balaban J connectivity index is 1.50. The number of fused-ring (bicyclic) bond motifs is 1. The van der Waals surface area contributed by atoms with Gasteiger partial charge in [-0.05, 0) is 37.3 Å². The molecular formula is C23H25N7O4. The van der Waals surface area contributed by atoms with Gasteiger partial charge < -0.3 is 24.8 Å². The molecule has 0 saturated carbocycles. The zero-order chi connectivity index (χ0) is 23.9. The lowest BCUT2D eigenvalue weighted by Crippen LogP contribution is -2.28. The monoisotopic (exact) mass is 463 g/mol. The van der Waals surface area contributed by atoms with Gasteiger partial charge in [-0.3, -0.25) is 4.79 Å². The molecule has 0 aliphatic carbocycles. The Hall–Kier alpha value is -4.25. The van der Waals surface area contributed by atoms with E-state index in [1.54, 1.807) is 42.2 Å². The van der Waals surface area contributed by atoms with Crippen molar-refractivity contribution in [1.82, 2.24) is 29.9 Å². The molecule has 11 nitrogen and oxygen atoms in total. The largest absolute Gasteiger partial charge is 0.491 e. The second-order valence-corrected chi connectivity index (χ2v) is 7.07. The van der Waals surface area contributed by atoms with E-state index in [1.807, 2.05) is 25.1 Å². The smallest absolute Gasteiger partial charge is 0.270 e. The minimum absolute atomic E-state index is 0.270. The predicted molar refractivity (Wildman–Crippen MR) is 126 cm³/mol. The molecule has 0 spiro atoms. The third kappa shape index (κ3) is 5.21. The summed E-state index contributed by atoms with van der Waals surface area (Å²) < 4.78 is 17.4. The van der Waals surface area contributed by atoms with Crippen LogP contribution in [0, 0.1) is 0 Å². The summed E-state index contributed by atoms with van der Waals surface area (Å²) in [6.45, 7) is 3.38. The Morgan fingerprint density at radius 3 is 2.76 bits per heavy atom. The second-order valence-electron chi connectivity index (χ2n) is 7.07. The van der Waals surface area contributed by atoms with E-state index in [2.05, 4.69) is 30.7 Å². The van der Waals surface area contributed by atoms with E-state index in [1.165, 1.54) is 7.11 Å². The first-order valence-corrected chi connectivity index (χ1v) is 10.7. The minimum atomic E-state index is -0.270. The van der Waals surface area contributed by atoms with Gasteiger partial charge in [0.2, 0.25) is 0 Å². The number of anilines is 2. The van der Waals surface area contributed by atoms with Gasteiger partial charge in [0.1, 0.15) is 11.5 Å². The van der Waals surface area contributed by atoms with Crippen LogP contribution in [0.15, 0.2) is 48.8 Å². The van der Waals surface area contributed by atoms with Crippen molar-refractivity contribution in [2.75, 3.05) is 39.3 Å². The van der Waals surface area contributed by atoms with E-state index in [0.717, 1.165) is 5.56 Å². The number of rotatable bonds is 10. The summed E-state index contributed by atoms with van der Waals surface area (Å²) in [5.74, 6) is 1.68. The Bertz CT molecular complexity index is 1290. The third-order valence-electron chi connectivity index (χ3n) is 4.82. The molecule has 4 aromatic rings. The number of ether oxygens (including phenoxy) is 3. The van der Waals surface area contributed by atoms with E-state index in [0.29, 0.717) is 60.1 Å². The van der Waals surface area contributed by atoms with Crippen LogP contribution in [0.2, 0.25) is 0 Å². The molecule has 34 heavy (non-hydrogen) atoms. The molecule has 0 atom stereocenters. The van der Waals surface area contributed by atoms with Gasteiger partial charge >= 0.3 is 0 Å². The molecule has 0 aliphatic heterocycles. The molecule has 0 unspecified atom stereocenters. The lowest BCUT2D eigenvalue weighted by molar-refractivity contribution is 0.0918. The van der Waals surface area contributed by atoms with Crippen molar-refractivity contribution in [3.05, 3.63) is 54.5 Å². The quantitative estimate of drug-likeness (QED) is 0.342. The van der Waals surface area contributed by atoms with Crippen LogP contribution >= 0.6 is 0 Å². The van der Waals surface area contributed by atoms with Crippen molar-refractivity contribution >= 4 is 23.2 Å². The van der Waals surface area contributed by atoms with Gasteiger partial charge in [0.15, 0.2) is 17.2 Å². The standard InChI is InChI=1S/C23H25N7O4/c1-4-34-11-10-24-22(31)17-6-5-7-19(26-17)27-20-14-30-21(28-20)9-8-16(29-30)15-12-18(32-2)23(33-3)25-13-15/h5-9,12-14H,4,10-11H2,1-3H3,(H,24,31)(H,26,27). The molecular weight excluding hydrogens is 438 g/mol. The van der Waals surface area contributed by atoms with E-state index >= 15 is 0 Å². The molecule has 1 amide bonds. The van der Waals surface area contributed by atoms with Gasteiger partial charge in [-0.1, -0.05) is 6.07 Å². The number of carbonyl (C=O) groups excluding carboxylic acids is 1. The van der Waals surface area contributed by atoms with Crippen molar-refractivity contribution < 1.29 is 19.0 Å². The van der Waals surface area contributed by atoms with E-state index in [-0.39, 0.29) is 5.91 Å². The van der Waals surface area contributed by atoms with Gasteiger partial charge in [0, 0.05) is 24.9 Å². The summed E-state index contributed by atoms with van der Waals surface area (Å²) in [5.41, 5.74) is 2.40. The zero-order valence-corrected chi connectivity index (χ0v) is 19.1. The maximum Gasteiger partial charge on any atom is 0.270 e. The van der Waals surface area contributed by atoms with Crippen LogP contribution in [0.5, 0.6) is 11.6 Å². The topological polar surface area (TPSA) is 125 Å². The molecule has 0 saturated heterocycles. The molecule has 4 rings (SSSR count). The van der Waals surface area contributed by atoms with Crippen molar-refractivity contribution in [2.45, 2.75) is 6.92 Å². The first kappa shape index (κ1) is 22.9. The number of methoxy groups -OCH3 is 2. The van der Waals surface area contributed by atoms with Gasteiger partial charge in [0.25, 0.3) is 11.8 Å². The van der Waals surface area contributed by atoms with E-state index < -0.39 is 0 Å². The number of amides is 1. The Labute approximate surface area is 196 Å². The molecule has 2 N–H and O–H groups in total. The molecule has 176 valence electrons. The molecule has 11 heteroatoms. The molecule has 0 aromatic carbocycles. The highest BCUT2D eigenvalue weighted by atomic mass is 16.5. The Morgan fingerprint density at radius 1 is 1.09 bits per heavy atom. The predicted octanol–water partition coefficient (Wildman–Crippen LogP) is 2.71. The highest BCUT2D eigenvalue weighted by Crippen LogP contribution is 2.29. The average molecular weight is 463 g/mol. The molecule has 4 heterocycles. The third-order valence-corrected chi connectivity index (χ3v) is 4.82. The molecule has 0 radical (unpaired) electrons. The first-order valence-electron chi connectivity index (χ1n) is 10.7. The number of nitrogens with zero attached hydrogens (tertiary/aromatic N) is 5. The minimum Gasteiger partial charge on any atom is -0.491 e. The van der Waals surface area contributed by atoms with Crippen LogP contribution in [0.4, 0.5) is 11.6 Å². The average Bonchev–Trinajstić information content (AvgIpc) is 3.27. The summed E-state index contributed by atoms with van der Waals surface area (Å²) in [6.07, 6.45) is 3.41. The van der Waals surface area contributed by atoms with E-state index in [4.69, 9.17) is 14.2 Å². The van der Waals surface area contributed by atoms with Crippen LogP contribution in [-0.4, -0.2) is 64.5 Å². The fourth-order valence-electron chi connectivity index (χ4n) is 3.20. The van der Waals surface area contributed by atoms with Gasteiger partial charge in [0.05, 0.1) is 32.7 Å². The van der Waals surface area contributed by atoms with Crippen molar-refractivity contribution in [3.8, 4) is 22.9 Å². The Morgan fingerprint density at radius 2 is 1.97 bits per heavy atom. The maximum atomic E-state index is 12.3. The van der Waals surface area contributed by atoms with Crippen molar-refractivity contribution in [3.63, 3.8) is 0 Å². The fraction of sp³-hybridized carbons (Fsp3) is 0.261. The number of carbonyl (C=O) groups is 1. The van der Waals surface area contributed by atoms with Crippen LogP contribution in [0.25, 0.3) is 16.9 Å². The SMILES string of the molecule is CCOCCNC(=O)c1cccc(Nc2cn3nc(-c4cnc(OC)c(OC)c4)ccc3n2)n1. The van der Waals surface area contributed by atoms with Gasteiger partial charge in [-0.2, -0.15) is 5.10 Å². The molecule has 0 bridgehead atoms. The summed E-state index contributed by atoms with van der Waals surface area (Å²) in [7, 11) is 3.09. The fourth-order valence-corrected chi connectivity index (χ4v) is 3.20. The van der Waals surface area contributed by atoms with E-state index in [9.17, 15) is 4.79 Å². The maximum absolute atomic E-state index is 12.3. The summed E-state index contributed by atoms with van der Waals surface area (Å²) in [4.78, 5) is 25.5. The number of pyridine rings is 2. The lowest BCUT2D eigenvalue weighted by atomic mass is 10.2. The number of hydrogen-bond donors (Lipinski definition) is 2. The highest BCUT2D eigenvalue weighted by Gasteiger charge is 2.12. The number of nitrogens with one attached hydrogen (secondary N) is 2. The van der Waals surface area contributed by atoms with Crippen LogP contribution in [0.1, 0.15) is 17.4 Å².